The molecule has 0 saturated heterocycles. The Morgan fingerprint density at radius 3 is 2.62 bits per heavy atom. The van der Waals surface area contributed by atoms with Gasteiger partial charge in [0.1, 0.15) is 5.75 Å². The molecular weight excluding hydrogens is 184 g/mol. The van der Waals surface area contributed by atoms with E-state index in [0.717, 1.165) is 16.2 Å². The minimum atomic E-state index is 0.0725. The van der Waals surface area contributed by atoms with E-state index in [4.69, 9.17) is 4.74 Å². The second-order valence-electron chi connectivity index (χ2n) is 2.62. The number of Topliss-reactive ketones (excluding diaryl/α,β-unsaturated/α-hetero) is 1. The summed E-state index contributed by atoms with van der Waals surface area (Å²) in [6.07, 6.45) is 1.95. The predicted molar refractivity (Wildman–Crippen MR) is 54.8 cm³/mol. The van der Waals surface area contributed by atoms with E-state index in [2.05, 4.69) is 0 Å². The van der Waals surface area contributed by atoms with Crippen LogP contribution in [0.15, 0.2) is 23.1 Å². The number of carbonyl (C=O) groups is 1. The van der Waals surface area contributed by atoms with Crippen molar-refractivity contribution in [3.05, 3.63) is 23.8 Å². The van der Waals surface area contributed by atoms with Crippen LogP contribution in [0.5, 0.6) is 5.75 Å². The Balaban J connectivity index is 3.18. The molecule has 0 atom stereocenters. The fourth-order valence-corrected chi connectivity index (χ4v) is 1.72. The summed E-state index contributed by atoms with van der Waals surface area (Å²) in [5, 5.41) is 0. The van der Waals surface area contributed by atoms with Gasteiger partial charge in [-0.15, -0.1) is 11.8 Å². The Bertz CT molecular complexity index is 321. The summed E-state index contributed by atoms with van der Waals surface area (Å²) in [5.74, 6) is 0.797. The monoisotopic (exact) mass is 196 g/mol. The number of thioether (sulfide) groups is 1. The van der Waals surface area contributed by atoms with Gasteiger partial charge < -0.3 is 4.74 Å². The maximum absolute atomic E-state index is 11.2. The van der Waals surface area contributed by atoms with Crippen LogP contribution in [0.2, 0.25) is 0 Å². The first-order valence-corrected chi connectivity index (χ1v) is 5.14. The second kappa shape index (κ2) is 4.33. The molecule has 0 amide bonds. The molecule has 0 saturated carbocycles. The summed E-state index contributed by atoms with van der Waals surface area (Å²) in [6, 6.07) is 5.53. The molecule has 0 bridgehead atoms. The number of carbonyl (C=O) groups excluding carboxylic acids is 1. The van der Waals surface area contributed by atoms with Gasteiger partial charge in [-0.2, -0.15) is 0 Å². The maximum atomic E-state index is 11.2. The van der Waals surface area contributed by atoms with Crippen LogP contribution in [0.3, 0.4) is 0 Å². The van der Waals surface area contributed by atoms with E-state index >= 15 is 0 Å². The third kappa shape index (κ3) is 2.25. The quantitative estimate of drug-likeness (QED) is 0.549. The molecule has 2 nitrogen and oxygen atoms in total. The third-order valence-electron chi connectivity index (χ3n) is 1.79. The Labute approximate surface area is 82.3 Å². The first kappa shape index (κ1) is 10.1. The van der Waals surface area contributed by atoms with Gasteiger partial charge in [0.25, 0.3) is 0 Å². The predicted octanol–water partition coefficient (Wildman–Crippen LogP) is 2.62. The molecule has 70 valence electrons. The van der Waals surface area contributed by atoms with Gasteiger partial charge in [-0.05, 0) is 31.4 Å². The zero-order valence-electron chi connectivity index (χ0n) is 7.96. The number of methoxy groups -OCH3 is 1. The molecule has 0 aliphatic rings. The maximum Gasteiger partial charge on any atom is 0.161 e. The highest BCUT2D eigenvalue weighted by atomic mass is 32.2. The molecule has 0 N–H and O–H groups in total. The topological polar surface area (TPSA) is 26.3 Å². The normalized spacial score (nSPS) is 9.77. The highest BCUT2D eigenvalue weighted by Crippen LogP contribution is 2.25. The Kier molecular flexibility index (Phi) is 3.37. The smallest absolute Gasteiger partial charge is 0.161 e. The molecule has 0 spiro atoms. The molecule has 3 heteroatoms. The lowest BCUT2D eigenvalue weighted by molar-refractivity contribution is 0.101. The molecular formula is C10H12O2S. The van der Waals surface area contributed by atoms with Crippen molar-refractivity contribution >= 4 is 17.5 Å². The molecule has 0 aliphatic heterocycles. The molecule has 0 unspecified atom stereocenters. The third-order valence-corrected chi connectivity index (χ3v) is 2.58. The van der Waals surface area contributed by atoms with Crippen molar-refractivity contribution in [2.24, 2.45) is 0 Å². The first-order valence-electron chi connectivity index (χ1n) is 3.92. The van der Waals surface area contributed by atoms with E-state index in [-0.39, 0.29) is 5.78 Å². The summed E-state index contributed by atoms with van der Waals surface area (Å²) >= 11 is 1.57. The highest BCUT2D eigenvalue weighted by molar-refractivity contribution is 7.98. The molecule has 0 aromatic heterocycles. The van der Waals surface area contributed by atoms with Crippen molar-refractivity contribution in [2.45, 2.75) is 11.8 Å². The van der Waals surface area contributed by atoms with Crippen LogP contribution in [0, 0.1) is 0 Å². The van der Waals surface area contributed by atoms with E-state index in [1.807, 2.05) is 18.4 Å². The van der Waals surface area contributed by atoms with Crippen molar-refractivity contribution in [3.63, 3.8) is 0 Å². The van der Waals surface area contributed by atoms with Crippen LogP contribution in [-0.4, -0.2) is 19.1 Å². The summed E-state index contributed by atoms with van der Waals surface area (Å²) in [5.41, 5.74) is 0.729. The van der Waals surface area contributed by atoms with Crippen LogP contribution in [-0.2, 0) is 0 Å². The molecule has 0 aliphatic carbocycles. The Morgan fingerprint density at radius 2 is 2.15 bits per heavy atom. The van der Waals surface area contributed by atoms with Gasteiger partial charge in [-0.1, -0.05) is 0 Å². The molecule has 0 fully saturated rings. The zero-order valence-corrected chi connectivity index (χ0v) is 8.77. The van der Waals surface area contributed by atoms with Gasteiger partial charge in [0.2, 0.25) is 0 Å². The summed E-state index contributed by atoms with van der Waals surface area (Å²) in [7, 11) is 1.60. The number of rotatable bonds is 3. The lowest BCUT2D eigenvalue weighted by atomic mass is 10.1. The molecule has 0 heterocycles. The van der Waals surface area contributed by atoms with E-state index in [1.165, 1.54) is 0 Å². The van der Waals surface area contributed by atoms with Gasteiger partial charge in [-0.25, -0.2) is 0 Å². The minimum absolute atomic E-state index is 0.0725. The largest absolute Gasteiger partial charge is 0.497 e. The lowest BCUT2D eigenvalue weighted by Crippen LogP contribution is -1.96. The van der Waals surface area contributed by atoms with E-state index in [0.29, 0.717) is 0 Å². The van der Waals surface area contributed by atoms with Gasteiger partial charge >= 0.3 is 0 Å². The molecule has 1 aromatic rings. The van der Waals surface area contributed by atoms with Gasteiger partial charge in [0.15, 0.2) is 5.78 Å². The highest BCUT2D eigenvalue weighted by Gasteiger charge is 2.07. The van der Waals surface area contributed by atoms with Crippen molar-refractivity contribution in [2.75, 3.05) is 13.4 Å². The van der Waals surface area contributed by atoms with Crippen molar-refractivity contribution in [1.29, 1.82) is 0 Å². The molecule has 1 aromatic carbocycles. The number of hydrogen-bond acceptors (Lipinski definition) is 3. The van der Waals surface area contributed by atoms with Crippen molar-refractivity contribution in [1.82, 2.24) is 0 Å². The van der Waals surface area contributed by atoms with Gasteiger partial charge in [-0.3, -0.25) is 4.79 Å². The van der Waals surface area contributed by atoms with Crippen LogP contribution in [0.4, 0.5) is 0 Å². The number of hydrogen-bond donors (Lipinski definition) is 0. The molecule has 13 heavy (non-hydrogen) atoms. The second-order valence-corrected chi connectivity index (χ2v) is 3.47. The fourth-order valence-electron chi connectivity index (χ4n) is 1.09. The van der Waals surface area contributed by atoms with Crippen LogP contribution < -0.4 is 4.74 Å². The van der Waals surface area contributed by atoms with Crippen molar-refractivity contribution in [3.8, 4) is 5.75 Å². The average Bonchev–Trinajstić information content (AvgIpc) is 2.16. The summed E-state index contributed by atoms with van der Waals surface area (Å²) in [6.45, 7) is 1.56. The SMILES string of the molecule is COc1ccc(SC)c(C(C)=O)c1. The molecule has 1 rings (SSSR count). The zero-order chi connectivity index (χ0) is 9.84. The van der Waals surface area contributed by atoms with E-state index in [9.17, 15) is 4.79 Å². The number of ketones is 1. The average molecular weight is 196 g/mol. The Hall–Kier alpha value is -0.960. The fraction of sp³-hybridized carbons (Fsp3) is 0.300. The van der Waals surface area contributed by atoms with Crippen molar-refractivity contribution < 1.29 is 9.53 Å². The lowest BCUT2D eigenvalue weighted by Gasteiger charge is -2.06. The Morgan fingerprint density at radius 1 is 1.46 bits per heavy atom. The summed E-state index contributed by atoms with van der Waals surface area (Å²) < 4.78 is 5.04. The number of ether oxygens (including phenoxy) is 1. The number of benzene rings is 1. The standard InChI is InChI=1S/C10H12O2S/c1-7(11)9-6-8(12-2)4-5-10(9)13-3/h4-6H,1-3H3. The van der Waals surface area contributed by atoms with Gasteiger partial charge in [0, 0.05) is 10.5 Å². The van der Waals surface area contributed by atoms with Crippen LogP contribution >= 0.6 is 11.8 Å². The molecule has 0 radical (unpaired) electrons. The van der Waals surface area contributed by atoms with Gasteiger partial charge in [0.05, 0.1) is 7.11 Å². The minimum Gasteiger partial charge on any atom is -0.497 e. The van der Waals surface area contributed by atoms with Crippen LogP contribution in [0.25, 0.3) is 0 Å². The van der Waals surface area contributed by atoms with E-state index < -0.39 is 0 Å². The summed E-state index contributed by atoms with van der Waals surface area (Å²) in [4.78, 5) is 12.2. The van der Waals surface area contributed by atoms with E-state index in [1.54, 1.807) is 31.9 Å². The first-order chi connectivity index (χ1) is 6.19. The van der Waals surface area contributed by atoms with Crippen LogP contribution in [0.1, 0.15) is 17.3 Å².